The lowest BCUT2D eigenvalue weighted by atomic mass is 9.92. The highest BCUT2D eigenvalue weighted by Gasteiger charge is 2.45. The summed E-state index contributed by atoms with van der Waals surface area (Å²) in [6.45, 7) is 12.4. The lowest BCUT2D eigenvalue weighted by Gasteiger charge is -2.41. The van der Waals surface area contributed by atoms with Gasteiger partial charge in [0.15, 0.2) is 0 Å². The van der Waals surface area contributed by atoms with Crippen LogP contribution in [0.5, 0.6) is 0 Å². The van der Waals surface area contributed by atoms with Crippen molar-refractivity contribution in [1.82, 2.24) is 15.5 Å². The first-order chi connectivity index (χ1) is 10.6. The molecule has 2 N–H and O–H groups in total. The molecule has 0 aliphatic carbocycles. The van der Waals surface area contributed by atoms with E-state index in [0.29, 0.717) is 5.92 Å². The molecule has 0 radical (unpaired) electrons. The molecular weight excluding hydrogens is 310 g/mol. The molecule has 2 aliphatic rings. The zero-order valence-electron chi connectivity index (χ0n) is 15.1. The van der Waals surface area contributed by atoms with Gasteiger partial charge in [0, 0.05) is 30.8 Å². The number of hydrogen-bond acceptors (Lipinski definition) is 4. The molecule has 6 heteroatoms. The van der Waals surface area contributed by atoms with Crippen LogP contribution in [-0.2, 0) is 9.59 Å². The number of nitrogens with zero attached hydrogens (tertiary/aromatic N) is 1. The summed E-state index contributed by atoms with van der Waals surface area (Å²) in [6.07, 6.45) is 1.82. The van der Waals surface area contributed by atoms with Crippen LogP contribution in [0.2, 0.25) is 0 Å². The maximum atomic E-state index is 12.4. The van der Waals surface area contributed by atoms with E-state index in [1.54, 1.807) is 0 Å². The third-order valence-corrected chi connectivity index (χ3v) is 6.04. The first-order valence-corrected chi connectivity index (χ1v) is 9.60. The Hall–Kier alpha value is -0.750. The van der Waals surface area contributed by atoms with Crippen LogP contribution >= 0.6 is 11.8 Å². The first kappa shape index (κ1) is 18.6. The normalized spacial score (nSPS) is 24.3. The van der Waals surface area contributed by atoms with Gasteiger partial charge in [0.05, 0.1) is 10.9 Å². The highest BCUT2D eigenvalue weighted by atomic mass is 32.2. The van der Waals surface area contributed by atoms with Crippen LogP contribution in [0.25, 0.3) is 0 Å². The van der Waals surface area contributed by atoms with Crippen LogP contribution in [-0.4, -0.2) is 53.0 Å². The minimum Gasteiger partial charge on any atom is -0.354 e. The zero-order valence-corrected chi connectivity index (χ0v) is 15.9. The fourth-order valence-electron chi connectivity index (χ4n) is 3.05. The molecule has 2 heterocycles. The van der Waals surface area contributed by atoms with Gasteiger partial charge in [0.1, 0.15) is 0 Å². The third-order valence-electron chi connectivity index (χ3n) is 4.46. The van der Waals surface area contributed by atoms with Gasteiger partial charge in [-0.05, 0) is 18.8 Å². The second-order valence-corrected chi connectivity index (χ2v) is 9.59. The van der Waals surface area contributed by atoms with E-state index >= 15 is 0 Å². The molecule has 0 aromatic heterocycles. The van der Waals surface area contributed by atoms with Gasteiger partial charge in [0.2, 0.25) is 11.8 Å². The molecular formula is C17H31N3O2S. The quantitative estimate of drug-likeness (QED) is 0.822. The predicted octanol–water partition coefficient (Wildman–Crippen LogP) is 1.83. The Labute approximate surface area is 144 Å². The number of thioether (sulfide) groups is 1. The predicted molar refractivity (Wildman–Crippen MR) is 95.2 cm³/mol. The number of carbonyl (C=O) groups is 2. The number of likely N-dealkylation sites (tertiary alicyclic amines) is 1. The van der Waals surface area contributed by atoms with E-state index in [9.17, 15) is 9.59 Å². The van der Waals surface area contributed by atoms with Gasteiger partial charge in [-0.1, -0.05) is 34.6 Å². The molecule has 0 saturated carbocycles. The molecule has 2 rings (SSSR count). The molecule has 5 nitrogen and oxygen atoms in total. The fourth-order valence-corrected chi connectivity index (χ4v) is 4.46. The van der Waals surface area contributed by atoms with Crippen molar-refractivity contribution in [3.05, 3.63) is 0 Å². The van der Waals surface area contributed by atoms with Crippen molar-refractivity contribution in [2.75, 3.05) is 25.4 Å². The largest absolute Gasteiger partial charge is 0.354 e. The third kappa shape index (κ3) is 4.63. The Morgan fingerprint density at radius 1 is 1.30 bits per heavy atom. The topological polar surface area (TPSA) is 61.4 Å². The summed E-state index contributed by atoms with van der Waals surface area (Å²) in [5.74, 6) is 1.61. The summed E-state index contributed by atoms with van der Waals surface area (Å²) >= 11 is 1.85. The Morgan fingerprint density at radius 2 is 1.91 bits per heavy atom. The molecule has 0 aromatic rings. The van der Waals surface area contributed by atoms with Gasteiger partial charge in [0.25, 0.3) is 0 Å². The van der Waals surface area contributed by atoms with Crippen LogP contribution in [0.1, 0.15) is 47.5 Å². The molecule has 0 aromatic carbocycles. The lowest BCUT2D eigenvalue weighted by Crippen LogP contribution is -2.55. The van der Waals surface area contributed by atoms with Crippen LogP contribution in [0, 0.1) is 11.3 Å². The molecule has 1 atom stereocenters. The number of rotatable bonds is 3. The van der Waals surface area contributed by atoms with Crippen LogP contribution < -0.4 is 10.6 Å². The van der Waals surface area contributed by atoms with E-state index in [2.05, 4.69) is 24.5 Å². The van der Waals surface area contributed by atoms with Crippen molar-refractivity contribution in [3.8, 4) is 0 Å². The summed E-state index contributed by atoms with van der Waals surface area (Å²) in [5, 5.41) is 6.55. The molecule has 1 spiro atoms. The van der Waals surface area contributed by atoms with Gasteiger partial charge < -0.3 is 10.2 Å². The average Bonchev–Trinajstić information content (AvgIpc) is 2.88. The summed E-state index contributed by atoms with van der Waals surface area (Å²) in [5.41, 5.74) is -0.319. The van der Waals surface area contributed by atoms with E-state index in [1.807, 2.05) is 37.4 Å². The van der Waals surface area contributed by atoms with Gasteiger partial charge in [-0.25, -0.2) is 0 Å². The Kier molecular flexibility index (Phi) is 5.67. The molecule has 2 saturated heterocycles. The second-order valence-electron chi connectivity index (χ2n) is 8.18. The standard InChI is InChI=1S/C17H31N3O2S/c1-12(2)10-18-14(21)13-11-23-17(19-13)6-8-20(9-7-17)15(22)16(3,4)5/h12-13,19H,6-11H2,1-5H3,(H,18,21). The van der Waals surface area contributed by atoms with Gasteiger partial charge in [-0.15, -0.1) is 11.8 Å². The summed E-state index contributed by atoms with van der Waals surface area (Å²) in [4.78, 5) is 26.5. The maximum Gasteiger partial charge on any atom is 0.238 e. The van der Waals surface area contributed by atoms with Crippen molar-refractivity contribution in [2.24, 2.45) is 11.3 Å². The summed E-state index contributed by atoms with van der Waals surface area (Å²) in [6, 6.07) is -0.108. The molecule has 2 amide bonds. The Bertz CT molecular complexity index is 451. The summed E-state index contributed by atoms with van der Waals surface area (Å²) < 4.78 is 0. The van der Waals surface area contributed by atoms with Crippen LogP contribution in [0.15, 0.2) is 0 Å². The van der Waals surface area contributed by atoms with E-state index in [4.69, 9.17) is 0 Å². The molecule has 0 bridgehead atoms. The Balaban J connectivity index is 1.85. The van der Waals surface area contributed by atoms with Gasteiger partial charge in [-0.2, -0.15) is 0 Å². The molecule has 2 fully saturated rings. The average molecular weight is 342 g/mol. The number of carbonyl (C=O) groups excluding carboxylic acids is 2. The van der Waals surface area contributed by atoms with E-state index in [-0.39, 0.29) is 28.1 Å². The van der Waals surface area contributed by atoms with Crippen molar-refractivity contribution in [2.45, 2.75) is 58.4 Å². The van der Waals surface area contributed by atoms with Gasteiger partial charge in [-0.3, -0.25) is 14.9 Å². The van der Waals surface area contributed by atoms with Crippen molar-refractivity contribution in [3.63, 3.8) is 0 Å². The number of amides is 2. The number of hydrogen-bond donors (Lipinski definition) is 2. The number of piperidine rings is 1. The van der Waals surface area contributed by atoms with Gasteiger partial charge >= 0.3 is 0 Å². The van der Waals surface area contributed by atoms with Crippen molar-refractivity contribution >= 4 is 23.6 Å². The second kappa shape index (κ2) is 7.01. The minimum atomic E-state index is -0.319. The van der Waals surface area contributed by atoms with E-state index in [1.165, 1.54) is 0 Å². The molecule has 2 aliphatic heterocycles. The Morgan fingerprint density at radius 3 is 2.43 bits per heavy atom. The fraction of sp³-hybridized carbons (Fsp3) is 0.882. The van der Waals surface area contributed by atoms with E-state index < -0.39 is 0 Å². The monoisotopic (exact) mass is 341 g/mol. The highest BCUT2D eigenvalue weighted by Crippen LogP contribution is 2.39. The van der Waals surface area contributed by atoms with E-state index in [0.717, 1.165) is 38.2 Å². The zero-order chi connectivity index (χ0) is 17.3. The van der Waals surface area contributed by atoms with Crippen LogP contribution in [0.4, 0.5) is 0 Å². The smallest absolute Gasteiger partial charge is 0.238 e. The van der Waals surface area contributed by atoms with Crippen molar-refractivity contribution < 1.29 is 9.59 Å². The lowest BCUT2D eigenvalue weighted by molar-refractivity contribution is -0.140. The minimum absolute atomic E-state index is 0.0332. The van der Waals surface area contributed by atoms with Crippen LogP contribution in [0.3, 0.4) is 0 Å². The SMILES string of the molecule is CC(C)CNC(=O)C1CSC2(CCN(C(=O)C(C)(C)C)CC2)N1. The summed E-state index contributed by atoms with van der Waals surface area (Å²) in [7, 11) is 0. The maximum absolute atomic E-state index is 12.4. The first-order valence-electron chi connectivity index (χ1n) is 8.62. The molecule has 1 unspecified atom stereocenters. The van der Waals surface area contributed by atoms with Crippen molar-refractivity contribution in [1.29, 1.82) is 0 Å². The molecule has 132 valence electrons. The number of nitrogens with one attached hydrogen (secondary N) is 2. The highest BCUT2D eigenvalue weighted by molar-refractivity contribution is 8.01. The molecule has 23 heavy (non-hydrogen) atoms.